The van der Waals surface area contributed by atoms with Crippen LogP contribution in [0.4, 0.5) is 0 Å². The molecule has 3 heterocycles. The molecule has 3 aliphatic heterocycles. The van der Waals surface area contributed by atoms with Crippen molar-refractivity contribution in [1.82, 2.24) is 9.80 Å². The summed E-state index contributed by atoms with van der Waals surface area (Å²) in [5, 5.41) is 0. The number of imide groups is 1. The molecule has 2 aromatic rings. The van der Waals surface area contributed by atoms with E-state index in [0.29, 0.717) is 0 Å². The van der Waals surface area contributed by atoms with Crippen LogP contribution in [0.5, 0.6) is 0 Å². The summed E-state index contributed by atoms with van der Waals surface area (Å²) in [6.45, 7) is 1.76. The van der Waals surface area contributed by atoms with Crippen LogP contribution in [0, 0.1) is 11.8 Å². The summed E-state index contributed by atoms with van der Waals surface area (Å²) in [6.07, 6.45) is 3.83. The van der Waals surface area contributed by atoms with Gasteiger partial charge in [0.05, 0.1) is 30.5 Å². The summed E-state index contributed by atoms with van der Waals surface area (Å²) in [7, 11) is 0. The fourth-order valence-corrected chi connectivity index (χ4v) is 5.01. The van der Waals surface area contributed by atoms with Crippen molar-refractivity contribution in [2.45, 2.75) is 25.6 Å². The maximum atomic E-state index is 13.4. The number of Topliss-reactive ketones (excluding diaryl/α,β-unsaturated/α-hetero) is 1. The summed E-state index contributed by atoms with van der Waals surface area (Å²) < 4.78 is 0. The first-order valence-corrected chi connectivity index (χ1v) is 9.52. The Labute approximate surface area is 163 Å². The predicted octanol–water partition coefficient (Wildman–Crippen LogP) is 2.79. The molecule has 0 saturated carbocycles. The second-order valence-electron chi connectivity index (χ2n) is 7.69. The lowest BCUT2D eigenvalue weighted by molar-refractivity contribution is -0.143. The SMILES string of the molecule is CC(=O)[C@@H]1[C@@H]2C(=O)N(Cc3ccccc3)C(=O)[C@H]2[C@@H]2c3ccccc3C=CN12. The Balaban J connectivity index is 1.58. The van der Waals surface area contributed by atoms with Gasteiger partial charge in [-0.25, -0.2) is 0 Å². The highest BCUT2D eigenvalue weighted by atomic mass is 16.2. The monoisotopic (exact) mass is 372 g/mol. The Morgan fingerprint density at radius 1 is 0.929 bits per heavy atom. The minimum Gasteiger partial charge on any atom is -0.359 e. The van der Waals surface area contributed by atoms with Crippen molar-refractivity contribution < 1.29 is 14.4 Å². The highest BCUT2D eigenvalue weighted by molar-refractivity contribution is 6.09. The number of fused-ring (bicyclic) bond motifs is 5. The summed E-state index contributed by atoms with van der Waals surface area (Å²) in [5.41, 5.74) is 2.95. The number of rotatable bonds is 3. The van der Waals surface area contributed by atoms with Crippen LogP contribution in [0.15, 0.2) is 60.8 Å². The molecule has 2 aromatic carbocycles. The second kappa shape index (κ2) is 6.16. The number of carbonyl (C=O) groups is 3. The molecule has 5 nitrogen and oxygen atoms in total. The van der Waals surface area contributed by atoms with Crippen molar-refractivity contribution in [2.75, 3.05) is 0 Å². The number of hydrogen-bond acceptors (Lipinski definition) is 4. The van der Waals surface area contributed by atoms with Gasteiger partial charge < -0.3 is 4.90 Å². The topological polar surface area (TPSA) is 57.7 Å². The third-order valence-electron chi connectivity index (χ3n) is 6.15. The van der Waals surface area contributed by atoms with Gasteiger partial charge in [-0.15, -0.1) is 0 Å². The van der Waals surface area contributed by atoms with Crippen LogP contribution in [0.1, 0.15) is 29.7 Å². The van der Waals surface area contributed by atoms with Crippen molar-refractivity contribution in [3.8, 4) is 0 Å². The van der Waals surface area contributed by atoms with Crippen molar-refractivity contribution in [3.05, 3.63) is 77.5 Å². The Kier molecular flexibility index (Phi) is 3.72. The number of carbonyl (C=O) groups excluding carboxylic acids is 3. The lowest BCUT2D eigenvalue weighted by atomic mass is 9.84. The molecule has 2 saturated heterocycles. The van der Waals surface area contributed by atoms with Gasteiger partial charge in [0.25, 0.3) is 0 Å². The number of hydrogen-bond donors (Lipinski definition) is 0. The van der Waals surface area contributed by atoms with Gasteiger partial charge in [0, 0.05) is 6.20 Å². The van der Waals surface area contributed by atoms with E-state index in [2.05, 4.69) is 0 Å². The smallest absolute Gasteiger partial charge is 0.236 e. The molecular weight excluding hydrogens is 352 g/mol. The zero-order valence-electron chi connectivity index (χ0n) is 15.5. The molecule has 28 heavy (non-hydrogen) atoms. The number of benzene rings is 2. The molecule has 3 aliphatic rings. The summed E-state index contributed by atoms with van der Waals surface area (Å²) in [5.74, 6) is -1.66. The molecule has 5 heteroatoms. The number of ketones is 1. The van der Waals surface area contributed by atoms with E-state index in [9.17, 15) is 14.4 Å². The molecule has 0 N–H and O–H groups in total. The van der Waals surface area contributed by atoms with Crippen LogP contribution in [-0.4, -0.2) is 33.4 Å². The maximum Gasteiger partial charge on any atom is 0.236 e. The van der Waals surface area contributed by atoms with E-state index in [1.54, 1.807) is 0 Å². The summed E-state index contributed by atoms with van der Waals surface area (Å²) in [4.78, 5) is 42.4. The molecule has 0 bridgehead atoms. The Hall–Kier alpha value is -3.21. The van der Waals surface area contributed by atoms with Gasteiger partial charge in [0.1, 0.15) is 0 Å². The number of likely N-dealkylation sites (tertiary alicyclic amines) is 1. The van der Waals surface area contributed by atoms with Crippen molar-refractivity contribution in [2.24, 2.45) is 11.8 Å². The van der Waals surface area contributed by atoms with Crippen molar-refractivity contribution in [3.63, 3.8) is 0 Å². The molecule has 0 radical (unpaired) electrons. The Bertz CT molecular complexity index is 1010. The minimum atomic E-state index is -0.630. The van der Waals surface area contributed by atoms with E-state index in [4.69, 9.17) is 0 Å². The van der Waals surface area contributed by atoms with Gasteiger partial charge in [-0.05, 0) is 29.7 Å². The molecule has 2 fully saturated rings. The third kappa shape index (κ3) is 2.29. The average Bonchev–Trinajstić information content (AvgIpc) is 3.18. The second-order valence-corrected chi connectivity index (χ2v) is 7.69. The fourth-order valence-electron chi connectivity index (χ4n) is 5.01. The first-order chi connectivity index (χ1) is 13.6. The van der Waals surface area contributed by atoms with Gasteiger partial charge in [0.15, 0.2) is 5.78 Å². The largest absolute Gasteiger partial charge is 0.359 e. The van der Waals surface area contributed by atoms with Crippen molar-refractivity contribution >= 4 is 23.7 Å². The first-order valence-electron chi connectivity index (χ1n) is 9.52. The Morgan fingerprint density at radius 2 is 1.61 bits per heavy atom. The lowest BCUT2D eigenvalue weighted by Gasteiger charge is -2.34. The van der Waals surface area contributed by atoms with E-state index in [1.165, 1.54) is 11.8 Å². The normalized spacial score (nSPS) is 27.6. The molecule has 4 atom stereocenters. The van der Waals surface area contributed by atoms with Gasteiger partial charge in [-0.1, -0.05) is 54.6 Å². The van der Waals surface area contributed by atoms with Gasteiger partial charge in [-0.2, -0.15) is 0 Å². The van der Waals surface area contributed by atoms with Gasteiger partial charge in [0.2, 0.25) is 11.8 Å². The zero-order chi connectivity index (χ0) is 19.4. The number of amides is 2. The molecule has 2 amide bonds. The van der Waals surface area contributed by atoms with E-state index in [0.717, 1.165) is 16.7 Å². The van der Waals surface area contributed by atoms with E-state index in [1.807, 2.05) is 71.8 Å². The highest BCUT2D eigenvalue weighted by Crippen LogP contribution is 2.52. The van der Waals surface area contributed by atoms with Crippen LogP contribution < -0.4 is 0 Å². The van der Waals surface area contributed by atoms with Crippen molar-refractivity contribution in [1.29, 1.82) is 0 Å². The minimum absolute atomic E-state index is 0.0794. The average molecular weight is 372 g/mol. The van der Waals surface area contributed by atoms with Crippen LogP contribution >= 0.6 is 0 Å². The third-order valence-corrected chi connectivity index (χ3v) is 6.15. The fraction of sp³-hybridized carbons (Fsp3) is 0.261. The van der Waals surface area contributed by atoms with E-state index < -0.39 is 17.9 Å². The summed E-state index contributed by atoms with van der Waals surface area (Å²) >= 11 is 0. The zero-order valence-corrected chi connectivity index (χ0v) is 15.5. The van der Waals surface area contributed by atoms with Crippen LogP contribution in [0.2, 0.25) is 0 Å². The van der Waals surface area contributed by atoms with Crippen LogP contribution in [0.25, 0.3) is 6.08 Å². The van der Waals surface area contributed by atoms with Gasteiger partial charge in [-0.3, -0.25) is 19.3 Å². The van der Waals surface area contributed by atoms with Crippen LogP contribution in [0.3, 0.4) is 0 Å². The lowest BCUT2D eigenvalue weighted by Crippen LogP contribution is -2.43. The molecule has 140 valence electrons. The molecule has 0 aromatic heterocycles. The molecule has 0 aliphatic carbocycles. The molecule has 0 spiro atoms. The summed E-state index contributed by atoms with van der Waals surface area (Å²) in [6, 6.07) is 16.5. The molecular formula is C23H20N2O3. The highest BCUT2D eigenvalue weighted by Gasteiger charge is 2.63. The predicted molar refractivity (Wildman–Crippen MR) is 104 cm³/mol. The van der Waals surface area contributed by atoms with Gasteiger partial charge >= 0.3 is 0 Å². The van der Waals surface area contributed by atoms with Crippen LogP contribution in [-0.2, 0) is 20.9 Å². The molecule has 0 unspecified atom stereocenters. The van der Waals surface area contributed by atoms with E-state index in [-0.39, 0.29) is 30.2 Å². The first kappa shape index (κ1) is 16.9. The number of nitrogens with zero attached hydrogens (tertiary/aromatic N) is 2. The quantitative estimate of drug-likeness (QED) is 0.778. The Morgan fingerprint density at radius 3 is 2.36 bits per heavy atom. The van der Waals surface area contributed by atoms with E-state index >= 15 is 0 Å². The standard InChI is InChI=1S/C23H20N2O3/c1-14(26)20-18-19(21-17-10-6-5-9-16(17)11-12-24(20)21)23(28)25(22(18)27)13-15-7-3-2-4-8-15/h2-12,18-21H,13H2,1H3/t18-,19-,20-,21+/m1/s1. The molecule has 5 rings (SSSR count). The maximum absolute atomic E-state index is 13.4.